The van der Waals surface area contributed by atoms with Crippen LogP contribution in [0.5, 0.6) is 0 Å². The van der Waals surface area contributed by atoms with Gasteiger partial charge in [-0.1, -0.05) is 130 Å². The Labute approximate surface area is 723 Å². The van der Waals surface area contributed by atoms with E-state index in [9.17, 15) is 43.2 Å². The summed E-state index contributed by atoms with van der Waals surface area (Å²) in [6.07, 6.45) is 0. The molecule has 0 bridgehead atoms. The van der Waals surface area contributed by atoms with Crippen LogP contribution in [0.3, 0.4) is 0 Å². The molecule has 26 heteroatoms. The second-order valence-electron chi connectivity index (χ2n) is 20.7. The second kappa shape index (κ2) is 52.8. The maximum Gasteiger partial charge on any atom is 0.348 e. The Morgan fingerprint density at radius 2 is 0.755 bits per heavy atom. The van der Waals surface area contributed by atoms with Crippen LogP contribution >= 0.6 is 73.9 Å². The Morgan fingerprint density at radius 3 is 1.08 bits per heavy atom. The van der Waals surface area contributed by atoms with E-state index in [2.05, 4.69) is 65.3 Å². The summed E-state index contributed by atoms with van der Waals surface area (Å²) in [6, 6.07) is 67.1. The maximum atomic E-state index is 11.8. The van der Waals surface area contributed by atoms with Gasteiger partial charge in [-0.3, -0.25) is 33.6 Å². The van der Waals surface area contributed by atoms with Gasteiger partial charge >= 0.3 is 17.9 Å². The number of ether oxygens (including phenoxy) is 4. The summed E-state index contributed by atoms with van der Waals surface area (Å²) in [7, 11) is 0. The Balaban J connectivity index is 0.000000601. The largest absolute Gasteiger partial charge is 0.486 e. The number of ketones is 1. The number of aromatic carboxylic acids is 1. The van der Waals surface area contributed by atoms with Crippen LogP contribution in [-0.2, 0) is 127 Å². The van der Waals surface area contributed by atoms with Crippen molar-refractivity contribution < 1.29 is 165 Å². The first kappa shape index (κ1) is 96.9. The number of rotatable bonds is 14. The minimum absolute atomic E-state index is 0. The van der Waals surface area contributed by atoms with Crippen molar-refractivity contribution in [2.24, 2.45) is 17.2 Å². The summed E-state index contributed by atoms with van der Waals surface area (Å²) in [5.41, 5.74) is 21.8. The van der Waals surface area contributed by atoms with Gasteiger partial charge in [-0.2, -0.15) is 129 Å². The molecule has 0 saturated heterocycles. The van der Waals surface area contributed by atoms with E-state index in [-0.39, 0.29) is 134 Å². The van der Waals surface area contributed by atoms with Crippen LogP contribution in [0.1, 0.15) is 143 Å². The van der Waals surface area contributed by atoms with E-state index < -0.39 is 23.7 Å². The number of primary amides is 3. The molecule has 0 aliphatic heterocycles. The molecule has 0 spiro atoms. The smallest absolute Gasteiger partial charge is 0.348 e. The number of carboxylic acid groups (broad SMARTS) is 1. The van der Waals surface area contributed by atoms with E-state index in [0.29, 0.717) is 68.6 Å². The molecule has 547 valence electrons. The van der Waals surface area contributed by atoms with Gasteiger partial charge in [0.05, 0.1) is 32.2 Å². The number of hydrogen-bond donors (Lipinski definition) is 5. The minimum Gasteiger partial charge on any atom is -0.486 e. The van der Waals surface area contributed by atoms with Crippen LogP contribution in [0, 0.1) is 45.9 Å². The summed E-state index contributed by atoms with van der Waals surface area (Å²) < 4.78 is 23.8. The van der Waals surface area contributed by atoms with Crippen LogP contribution in [0.15, 0.2) is 194 Å². The van der Waals surface area contributed by atoms with E-state index in [4.69, 9.17) is 36.5 Å². The van der Waals surface area contributed by atoms with Crippen LogP contribution in [-0.4, -0.2) is 90.6 Å². The number of carboxylic acids is 1. The van der Waals surface area contributed by atoms with Crippen molar-refractivity contribution in [1.82, 2.24) is 0 Å². The molecule has 17 nitrogen and oxygen atoms in total. The fourth-order valence-corrected chi connectivity index (χ4v) is 13.8. The van der Waals surface area contributed by atoms with Gasteiger partial charge in [-0.25, -0.2) is 32.3 Å². The zero-order valence-corrected chi connectivity index (χ0v) is 73.6. The number of thiophene rings is 4. The molecule has 12 aromatic rings. The molecule has 3 amide bonds. The number of Topliss-reactive ketones (excluding diaryl/α,β-unsaturated/α-hetero) is 1. The molecule has 106 heavy (non-hydrogen) atoms. The molecule has 3 radical (unpaired) electrons. The van der Waals surface area contributed by atoms with Gasteiger partial charge in [0.2, 0.25) is 17.7 Å². The molecule has 0 unspecified atom stereocenters. The number of halogens is 1. The predicted octanol–water partition coefficient (Wildman–Crippen LogP) is 17.8. The molecule has 8 aromatic carbocycles. The Hall–Kier alpha value is -7.09. The number of aryl methyl sites for hydroxylation is 2. The fraction of sp³-hybridized carbons (Fsp3) is 0.163. The third-order valence-corrected chi connectivity index (χ3v) is 19.3. The summed E-state index contributed by atoms with van der Waals surface area (Å²) in [4.78, 5) is 100. The maximum absolute atomic E-state index is 11.8. The topological polar surface area (TPSA) is 289 Å². The van der Waals surface area contributed by atoms with Gasteiger partial charge in [0.15, 0.2) is 5.78 Å². The molecule has 4 aromatic heterocycles. The van der Waals surface area contributed by atoms with Gasteiger partial charge in [0, 0.05) is 128 Å². The fourth-order valence-electron chi connectivity index (χ4n) is 8.72. The van der Waals surface area contributed by atoms with E-state index in [1.54, 1.807) is 93.6 Å². The number of esters is 4. The monoisotopic (exact) mass is 1810 g/mol. The number of benzene rings is 8. The zero-order valence-electron chi connectivity index (χ0n) is 59.3. The number of hydrogen-bond acceptors (Lipinski definition) is 18. The Kier molecular flexibility index (Phi) is 48.3. The molecule has 0 atom stereocenters. The Morgan fingerprint density at radius 1 is 0.443 bits per heavy atom. The number of nitrogens with two attached hydrogens (primary N) is 3. The van der Waals surface area contributed by atoms with Crippen LogP contribution in [0.25, 0.3) is 40.3 Å². The van der Waals surface area contributed by atoms with Gasteiger partial charge in [-0.05, 0) is 97.5 Å². The third kappa shape index (κ3) is 31.6. The SMILES string of the molecule is CC(=O)c1ccccc1C.CCOC(=O)CS.CCOC(=O)c1sc2ccccc2c1C.CCOC(=O)c1sc2ccccc2c1CBr.NC(=O)c1cc[c-]cc1.NC(=O)c1cc[c-]cc1.NC(=O)c1cc[c-]cc1.[CH2-]c1c(C(=O)O)sc2ccccc12.[CH2-]c1c(C(=O)OCC)sc2ccccc12.[Y].[Y].[Y]. The molecule has 7 N–H and O–H groups in total. The van der Waals surface area contributed by atoms with Crippen molar-refractivity contribution in [3.63, 3.8) is 0 Å². The van der Waals surface area contributed by atoms with Crippen molar-refractivity contribution in [3.8, 4) is 0 Å². The van der Waals surface area contributed by atoms with Gasteiger partial charge in [0.1, 0.15) is 9.75 Å². The van der Waals surface area contributed by atoms with Crippen molar-refractivity contribution in [3.05, 3.63) is 296 Å². The first-order valence-corrected chi connectivity index (χ1v) is 36.5. The van der Waals surface area contributed by atoms with Gasteiger partial charge in [-0.15, -0.1) is 45.6 Å². The summed E-state index contributed by atoms with van der Waals surface area (Å²) in [5.74, 6) is -2.75. The van der Waals surface area contributed by atoms with E-state index in [1.807, 2.05) is 149 Å². The van der Waals surface area contributed by atoms with Crippen LogP contribution in [0.4, 0.5) is 0 Å². The summed E-state index contributed by atoms with van der Waals surface area (Å²) in [6.45, 7) is 22.0. The molecule has 0 aliphatic carbocycles. The van der Waals surface area contributed by atoms with E-state index >= 15 is 0 Å². The molecule has 4 heterocycles. The van der Waals surface area contributed by atoms with Crippen LogP contribution < -0.4 is 17.2 Å². The summed E-state index contributed by atoms with van der Waals surface area (Å²) in [5, 5.41) is 13.8. The molecule has 0 fully saturated rings. The number of carbonyl (C=O) groups excluding carboxylic acids is 8. The van der Waals surface area contributed by atoms with Crippen molar-refractivity contribution >= 4 is 168 Å². The molecule has 12 rings (SSSR count). The Bertz CT molecular complexity index is 4550. The molecule has 0 saturated carbocycles. The average molecular weight is 1810 g/mol. The first-order valence-electron chi connectivity index (χ1n) is 31.5. The second-order valence-corrected chi connectivity index (χ2v) is 25.7. The standard InChI is InChI=1S/C12H11BrO2S.C12H12O2S.C12H11O2S.C10H7O2S.C9H10O.3C7H6NO.C4H8O2S.3Y/c1-2-15-12(14)11-9(7-13)8-5-3-4-6-10(8)16-11;2*1-3-14-12(13)11-8(2)9-6-4-5-7-10(9)15-11;1-6-7-4-2-3-5-8(7)13-9(6)10(11)12;1-7-5-3-4-6-9(7)8(2)10;3*8-7(9)6-4-2-1-3-5-6;1-2-6-4(5)3-7;;;/h3-6H,2,7H2,1H3;4-7H,3H2,1-2H3;4-7H,2-3H2,1H3;2-5H,1H2,(H,11,12);3-6H,1-2H3;3*2-5H,(H2,8,9);7H,2-3H2,1H3;;;/q;;2*-1;;3*-1;;;;. The first-order chi connectivity index (χ1) is 49.4. The van der Waals surface area contributed by atoms with E-state index in [0.717, 1.165) is 73.0 Å². The molecular formula is C80H77BrN3O14S5Y3-5. The summed E-state index contributed by atoms with van der Waals surface area (Å²) >= 11 is 12.8. The third-order valence-electron chi connectivity index (χ3n) is 13.6. The van der Waals surface area contributed by atoms with Crippen molar-refractivity contribution in [2.75, 3.05) is 32.2 Å². The number of fused-ring (bicyclic) bond motifs is 4. The van der Waals surface area contributed by atoms with Crippen molar-refractivity contribution in [2.45, 2.75) is 53.8 Å². The number of carbonyl (C=O) groups is 9. The molecule has 0 aliphatic rings. The van der Waals surface area contributed by atoms with Gasteiger partial charge < -0.3 is 41.3 Å². The van der Waals surface area contributed by atoms with Gasteiger partial charge in [0.25, 0.3) is 11.9 Å². The van der Waals surface area contributed by atoms with Crippen molar-refractivity contribution in [1.29, 1.82) is 0 Å². The number of amides is 3. The average Bonchev–Trinajstić information content (AvgIpc) is 1.67. The minimum atomic E-state index is -0.897. The number of alkyl halides is 1. The zero-order chi connectivity index (χ0) is 76.0. The predicted molar refractivity (Wildman–Crippen MR) is 421 cm³/mol. The normalized spacial score (nSPS) is 9.56. The number of thiol groups is 1. The quantitative estimate of drug-likeness (QED) is 0.0169. The van der Waals surface area contributed by atoms with Crippen LogP contribution in [0.2, 0.25) is 0 Å². The van der Waals surface area contributed by atoms with E-state index in [1.165, 1.54) is 45.3 Å². The molecular weight excluding hydrogens is 1730 g/mol.